The number of amides is 8. The first-order valence-corrected chi connectivity index (χ1v) is 41.9. The van der Waals surface area contributed by atoms with Crippen molar-refractivity contribution in [1.29, 1.82) is 5.26 Å². The van der Waals surface area contributed by atoms with E-state index in [1.54, 1.807) is 116 Å². The highest BCUT2D eigenvalue weighted by molar-refractivity contribution is 9.10. The second kappa shape index (κ2) is 44.0. The van der Waals surface area contributed by atoms with Crippen LogP contribution >= 0.6 is 31.9 Å². The number of primary amides is 1. The molecule has 5 aromatic carbocycles. The molecule has 8 amide bonds. The van der Waals surface area contributed by atoms with E-state index >= 15 is 0 Å². The maximum Gasteiger partial charge on any atom is 0.355 e. The quantitative estimate of drug-likeness (QED) is 0.0264. The predicted molar refractivity (Wildman–Crippen MR) is 496 cm³/mol. The van der Waals surface area contributed by atoms with Gasteiger partial charge in [0.05, 0.1) is 58.0 Å². The number of nitriles is 1. The molecule has 678 valence electrons. The van der Waals surface area contributed by atoms with Crippen LogP contribution in [0.3, 0.4) is 0 Å². The summed E-state index contributed by atoms with van der Waals surface area (Å²) in [5.41, 5.74) is 10.3. The molecule has 0 aliphatic carbocycles. The fourth-order valence-corrected chi connectivity index (χ4v) is 13.5. The maximum absolute atomic E-state index is 12.5. The van der Waals surface area contributed by atoms with E-state index in [0.717, 1.165) is 20.6 Å². The fourth-order valence-electron chi connectivity index (χ4n) is 12.5. The summed E-state index contributed by atoms with van der Waals surface area (Å²) in [6.45, 7) is 10.7. The number of urea groups is 1. The number of carbonyl (C=O) groups excluding carboxylic acids is 7. The summed E-state index contributed by atoms with van der Waals surface area (Å²) < 4.78 is 31.6. The van der Waals surface area contributed by atoms with Gasteiger partial charge in [0.15, 0.2) is 34.2 Å². The van der Waals surface area contributed by atoms with Crippen LogP contribution in [-0.4, -0.2) is 165 Å². The van der Waals surface area contributed by atoms with Crippen molar-refractivity contribution in [1.82, 2.24) is 58.1 Å². The van der Waals surface area contributed by atoms with Crippen molar-refractivity contribution in [2.24, 2.45) is 10.9 Å². The van der Waals surface area contributed by atoms with Gasteiger partial charge in [0.1, 0.15) is 29.1 Å². The molecule has 0 saturated heterocycles. The molecule has 0 atom stereocenters. The van der Waals surface area contributed by atoms with Crippen molar-refractivity contribution in [2.75, 3.05) is 38.9 Å². The number of rotatable bonds is 23. The number of nitrogens with zero attached hydrogens (tertiary/aromatic N) is 13. The summed E-state index contributed by atoms with van der Waals surface area (Å²) >= 11 is 6.60. The highest BCUT2D eigenvalue weighted by atomic mass is 79.9. The minimum Gasteiger partial charge on any atom is -0.476 e. The minimum absolute atomic E-state index is 0.0212. The third-order valence-electron chi connectivity index (χ3n) is 18.7. The van der Waals surface area contributed by atoms with Gasteiger partial charge in [0.25, 0.3) is 35.4 Å². The molecule has 0 radical (unpaired) electrons. The van der Waals surface area contributed by atoms with Crippen LogP contribution in [0.4, 0.5) is 44.6 Å². The van der Waals surface area contributed by atoms with E-state index in [0.29, 0.717) is 51.1 Å². The normalized spacial score (nSPS) is 10.4. The Bertz CT molecular complexity index is 7310. The van der Waals surface area contributed by atoms with Gasteiger partial charge >= 0.3 is 35.9 Å². The first kappa shape index (κ1) is 97.1. The molecule has 0 saturated carbocycles. The number of carboxylic acid groups (broad SMARTS) is 5. The number of aromatic carboxylic acids is 5. The predicted octanol–water partition coefficient (Wildman–Crippen LogP) is 13.6. The Morgan fingerprint density at radius 1 is 0.415 bits per heavy atom. The van der Waals surface area contributed by atoms with Crippen LogP contribution in [0, 0.1) is 31.8 Å². The lowest BCUT2D eigenvalue weighted by molar-refractivity contribution is 0.0678. The topological polar surface area (TPSA) is 607 Å². The Hall–Kier alpha value is -18.5. The van der Waals surface area contributed by atoms with Crippen molar-refractivity contribution in [3.05, 3.63) is 374 Å². The van der Waals surface area contributed by atoms with E-state index in [1.165, 1.54) is 177 Å². The molecular weight excluding hydrogens is 1900 g/mol. The van der Waals surface area contributed by atoms with Gasteiger partial charge in [-0.3, -0.25) is 43.3 Å². The second-order valence-corrected chi connectivity index (χ2v) is 31.1. The monoisotopic (exact) mass is 1960 g/mol. The molecule has 0 spiro atoms. The number of aromatic nitrogens is 11. The number of pyridine rings is 4. The van der Waals surface area contributed by atoms with E-state index in [-0.39, 0.29) is 95.7 Å². The molecule has 0 unspecified atom stereocenters. The van der Waals surface area contributed by atoms with Crippen LogP contribution in [0.2, 0.25) is 0 Å². The number of primary sulfonamides is 1. The number of nitrogens with two attached hydrogens (primary N) is 2. The summed E-state index contributed by atoms with van der Waals surface area (Å²) in [5, 5.41) is 79.6. The van der Waals surface area contributed by atoms with Gasteiger partial charge < -0.3 is 86.8 Å². The van der Waals surface area contributed by atoms with Crippen LogP contribution in [0.1, 0.15) is 132 Å². The third-order valence-corrected chi connectivity index (χ3v) is 20.7. The molecule has 41 nitrogen and oxygen atoms in total. The number of halogens is 2. The molecule has 15 rings (SSSR count). The first-order chi connectivity index (χ1) is 64.5. The van der Waals surface area contributed by atoms with E-state index in [9.17, 15) is 91.5 Å². The standard InChI is InChI=1S/C19H12BrN3O3.C19H17N3O5S.C18H13N7O4.C18H15N5O4.C17H13BrN4O3/c1-21-14-3-2-4-15(11-14)23-10-9-16(17(23)19(25)26)22-18(24)12-5-7-13(20)8-6-12;1-12-5-7-14(8-6-12)22-10-9-16(17(22)19(24)25)21-18(23)13-3-2-4-15(11-13)28(20,26)27;19-9-12-7-10(1-4-21-12)16(26)24-13-3-6-25(15(13)17(27)28)14-8-11(2-5-22-14)23-18(20)29;1-19-17(25)14-10-11(2-8-21-14)16(24)22-13-5-9-23(15(13)18(26)27)12-3-6-20-7-4-12;1-10-19-8-13(9-20-10)22-7-6-14(15(22)17(24)25)21-16(23)11-2-4-12(18)5-3-11/h2-11H,(H,22,24)(H,25,26);2-11H,1H3,(H,21,23)(H,24,25)(H2,20,26,27);1-8H,(H,24,26)(H,27,28)(H3,20,22,23,29);2-10H,1H3,(H,19,25)(H,22,24)(H,26,27);2-9H,1H3,(H,21,23)(H,24,25). The molecular formula is C91H70Br2N22O19S. The zero-order valence-electron chi connectivity index (χ0n) is 70.1. The molecule has 0 aliphatic rings. The van der Waals surface area contributed by atoms with Crippen LogP contribution < -0.4 is 48.1 Å². The molecule has 0 bridgehead atoms. The number of hydrogen-bond acceptors (Lipinski definition) is 21. The Kier molecular flexibility index (Phi) is 31.6. The maximum atomic E-state index is 12.5. The number of carbonyl (C=O) groups is 12. The summed E-state index contributed by atoms with van der Waals surface area (Å²) in [6.07, 6.45) is 17.7. The first-order valence-electron chi connectivity index (χ1n) is 38.8. The smallest absolute Gasteiger partial charge is 0.355 e. The highest BCUT2D eigenvalue weighted by Crippen LogP contribution is 2.31. The van der Waals surface area contributed by atoms with Crippen molar-refractivity contribution in [2.45, 2.75) is 18.7 Å². The molecule has 10 aromatic heterocycles. The van der Waals surface area contributed by atoms with Gasteiger partial charge in [-0.2, -0.15) is 5.26 Å². The average molecular weight is 1970 g/mol. The number of carboxylic acids is 5. The molecule has 15 aromatic rings. The number of nitrogens with one attached hydrogen (secondary N) is 7. The molecule has 44 heteroatoms. The number of aryl methyl sites for hydroxylation is 2. The highest BCUT2D eigenvalue weighted by Gasteiger charge is 2.27. The van der Waals surface area contributed by atoms with Gasteiger partial charge in [0, 0.05) is 135 Å². The van der Waals surface area contributed by atoms with Crippen LogP contribution in [0.15, 0.2) is 288 Å². The van der Waals surface area contributed by atoms with E-state index in [1.807, 2.05) is 25.1 Å². The van der Waals surface area contributed by atoms with Crippen molar-refractivity contribution in [3.8, 4) is 34.6 Å². The van der Waals surface area contributed by atoms with Gasteiger partial charge in [-0.15, -0.1) is 0 Å². The van der Waals surface area contributed by atoms with Gasteiger partial charge in [-0.1, -0.05) is 67.8 Å². The lowest BCUT2D eigenvalue weighted by Gasteiger charge is -2.10. The van der Waals surface area contributed by atoms with Crippen LogP contribution in [0.25, 0.3) is 33.4 Å². The number of benzene rings is 5. The number of sulfonamides is 1. The number of anilines is 6. The van der Waals surface area contributed by atoms with Crippen molar-refractivity contribution >= 4 is 153 Å². The lowest BCUT2D eigenvalue weighted by atomic mass is 10.2. The summed E-state index contributed by atoms with van der Waals surface area (Å²) in [5.74, 6) is -8.39. The van der Waals surface area contributed by atoms with E-state index in [2.05, 4.69) is 104 Å². The number of hydrogen-bond donors (Lipinski definition) is 14. The molecule has 135 heavy (non-hydrogen) atoms. The molecule has 0 aliphatic heterocycles. The second-order valence-electron chi connectivity index (χ2n) is 27.7. The Balaban J connectivity index is 0.000000162. The zero-order chi connectivity index (χ0) is 97.5. The summed E-state index contributed by atoms with van der Waals surface area (Å²) in [7, 11) is -2.51. The SMILES string of the molecule is CNC(=O)c1cc(C(=O)Nc2ccn(-c3ccncc3)c2C(=O)O)ccn1.Cc1ccc(-n2ccc(NC(=O)c3cccc(S(N)(=O)=O)c3)c2C(=O)O)cc1.Cc1ncc(-n2ccc(NC(=O)c3ccc(Br)cc3)c2C(=O)O)cn1.N#Cc1cc(C(=O)Nc2ccn(-c3cc(NC(N)=O)ccn3)c2C(=O)O)ccn1.[C-]#[N+]c1cccc(-n2ccc(NC(=O)c3ccc(Br)cc3)c2C(=O)O)c1. The summed E-state index contributed by atoms with van der Waals surface area (Å²) in [4.78, 5) is 171. The van der Waals surface area contributed by atoms with Crippen LogP contribution in [0.5, 0.6) is 0 Å². The Morgan fingerprint density at radius 3 is 1.27 bits per heavy atom. The van der Waals surface area contributed by atoms with Crippen molar-refractivity contribution < 1.29 is 91.5 Å². The molecule has 16 N–H and O–H groups in total. The van der Waals surface area contributed by atoms with Gasteiger partial charge in [-0.05, 0) is 178 Å². The average Bonchev–Trinajstić information content (AvgIpc) is 1.69. The zero-order valence-corrected chi connectivity index (χ0v) is 74.1. The molecule has 10 heterocycles. The largest absolute Gasteiger partial charge is 0.476 e. The van der Waals surface area contributed by atoms with Crippen molar-refractivity contribution in [3.63, 3.8) is 0 Å². The lowest BCUT2D eigenvalue weighted by Crippen LogP contribution is -2.21. The third kappa shape index (κ3) is 24.9. The van der Waals surface area contributed by atoms with Crippen LogP contribution in [-0.2, 0) is 10.0 Å². The van der Waals surface area contributed by atoms with E-state index < -0.39 is 81.3 Å². The molecule has 0 fully saturated rings. The Labute approximate surface area is 780 Å². The fraction of sp³-hybridized carbons (Fsp3) is 0.0330. The summed E-state index contributed by atoms with van der Waals surface area (Å²) in [6, 6.07) is 52.6. The Morgan fingerprint density at radius 2 is 0.822 bits per heavy atom. The van der Waals surface area contributed by atoms with Gasteiger partial charge in [0.2, 0.25) is 10.0 Å². The van der Waals surface area contributed by atoms with E-state index in [4.69, 9.17) is 22.7 Å². The van der Waals surface area contributed by atoms with Gasteiger partial charge in [-0.25, -0.2) is 67.1 Å². The minimum atomic E-state index is -3.97.